The van der Waals surface area contributed by atoms with Crippen LogP contribution < -0.4 is 14.8 Å². The van der Waals surface area contributed by atoms with Gasteiger partial charge in [-0.25, -0.2) is 4.39 Å². The largest absolute Gasteiger partial charge is 0.493 e. The lowest BCUT2D eigenvalue weighted by atomic mass is 10.2. The molecular formula is C21H26Cl2FNO3. The fourth-order valence-corrected chi connectivity index (χ4v) is 3.06. The maximum absolute atomic E-state index is 13.2. The summed E-state index contributed by atoms with van der Waals surface area (Å²) in [6.45, 7) is 6.43. The first kappa shape index (κ1) is 22.8. The molecule has 0 unspecified atom stereocenters. The molecular weight excluding hydrogens is 404 g/mol. The number of nitrogens with one attached hydrogen (secondary N) is 1. The van der Waals surface area contributed by atoms with Gasteiger partial charge in [0.05, 0.1) is 23.3 Å². The van der Waals surface area contributed by atoms with Gasteiger partial charge in [0.25, 0.3) is 0 Å². The van der Waals surface area contributed by atoms with Crippen molar-refractivity contribution >= 4 is 23.2 Å². The van der Waals surface area contributed by atoms with Gasteiger partial charge in [0.2, 0.25) is 0 Å². The second-order valence-corrected chi connectivity index (χ2v) is 7.40. The van der Waals surface area contributed by atoms with Crippen molar-refractivity contribution in [3.63, 3.8) is 0 Å². The van der Waals surface area contributed by atoms with Gasteiger partial charge in [-0.2, -0.15) is 0 Å². The van der Waals surface area contributed by atoms with Crippen LogP contribution in [0.2, 0.25) is 10.0 Å². The normalized spacial score (nSPS) is 11.1. The van der Waals surface area contributed by atoms with Crippen LogP contribution in [-0.2, 0) is 17.9 Å². The summed E-state index contributed by atoms with van der Waals surface area (Å²) in [5.41, 5.74) is 1.65. The molecule has 0 saturated heterocycles. The van der Waals surface area contributed by atoms with Crippen LogP contribution >= 0.6 is 23.2 Å². The molecule has 0 bridgehead atoms. The van der Waals surface area contributed by atoms with Crippen LogP contribution in [0.5, 0.6) is 11.5 Å². The Balaban J connectivity index is 1.94. The van der Waals surface area contributed by atoms with Crippen molar-refractivity contribution in [2.45, 2.75) is 39.5 Å². The van der Waals surface area contributed by atoms with Gasteiger partial charge in [-0.1, -0.05) is 29.3 Å². The highest BCUT2D eigenvalue weighted by Gasteiger charge is 2.13. The van der Waals surface area contributed by atoms with Gasteiger partial charge in [0.15, 0.2) is 11.5 Å². The summed E-state index contributed by atoms with van der Waals surface area (Å²) in [5.74, 6) is 0.571. The average Bonchev–Trinajstić information content (AvgIpc) is 2.64. The zero-order valence-electron chi connectivity index (χ0n) is 16.4. The van der Waals surface area contributed by atoms with Crippen molar-refractivity contribution in [1.29, 1.82) is 0 Å². The Morgan fingerprint density at radius 2 is 1.89 bits per heavy atom. The summed E-state index contributed by atoms with van der Waals surface area (Å²) >= 11 is 12.4. The molecule has 4 nitrogen and oxygen atoms in total. The molecule has 2 aromatic rings. The van der Waals surface area contributed by atoms with E-state index in [0.717, 1.165) is 25.1 Å². The van der Waals surface area contributed by atoms with Crippen LogP contribution in [0.1, 0.15) is 31.4 Å². The molecule has 0 amide bonds. The summed E-state index contributed by atoms with van der Waals surface area (Å²) < 4.78 is 29.9. The standard InChI is InChI=1S/C21H26Cl2FNO3/c1-14(2)27-8-4-7-25-12-15-9-19(23)21(20(10-15)26-3)28-13-16-5-6-17(24)11-18(16)22/h5-6,9-11,14,25H,4,7-8,12-13H2,1-3H3. The fraction of sp³-hybridized carbons (Fsp3) is 0.429. The molecule has 28 heavy (non-hydrogen) atoms. The second kappa shape index (κ2) is 11.5. The summed E-state index contributed by atoms with van der Waals surface area (Å²) in [6.07, 6.45) is 1.18. The van der Waals surface area contributed by atoms with E-state index in [1.807, 2.05) is 26.0 Å². The molecule has 0 saturated carbocycles. The number of benzene rings is 2. The predicted octanol–water partition coefficient (Wildman–Crippen LogP) is 5.62. The Labute approximate surface area is 175 Å². The Morgan fingerprint density at radius 1 is 1.11 bits per heavy atom. The lowest BCUT2D eigenvalue weighted by Gasteiger charge is -2.15. The van der Waals surface area contributed by atoms with E-state index in [1.54, 1.807) is 13.2 Å². The molecule has 2 aromatic carbocycles. The molecule has 154 valence electrons. The third-order valence-electron chi connectivity index (χ3n) is 3.95. The van der Waals surface area contributed by atoms with Crippen LogP contribution in [-0.4, -0.2) is 26.4 Å². The van der Waals surface area contributed by atoms with Gasteiger partial charge in [0, 0.05) is 18.7 Å². The van der Waals surface area contributed by atoms with Crippen molar-refractivity contribution in [2.24, 2.45) is 0 Å². The smallest absolute Gasteiger partial charge is 0.180 e. The average molecular weight is 430 g/mol. The fourth-order valence-electron chi connectivity index (χ4n) is 2.55. The summed E-state index contributed by atoms with van der Waals surface area (Å²) in [6, 6.07) is 7.89. The van der Waals surface area contributed by atoms with Gasteiger partial charge in [0.1, 0.15) is 12.4 Å². The van der Waals surface area contributed by atoms with E-state index in [4.69, 9.17) is 37.4 Å². The van der Waals surface area contributed by atoms with Crippen LogP contribution in [0.4, 0.5) is 4.39 Å². The second-order valence-electron chi connectivity index (χ2n) is 6.58. The molecule has 0 heterocycles. The first-order valence-corrected chi connectivity index (χ1v) is 9.91. The van der Waals surface area contributed by atoms with Gasteiger partial charge >= 0.3 is 0 Å². The van der Waals surface area contributed by atoms with Crippen LogP contribution in [0.3, 0.4) is 0 Å². The lowest BCUT2D eigenvalue weighted by molar-refractivity contribution is 0.0770. The van der Waals surface area contributed by atoms with E-state index in [1.165, 1.54) is 12.1 Å². The van der Waals surface area contributed by atoms with Crippen molar-refractivity contribution in [2.75, 3.05) is 20.3 Å². The number of methoxy groups -OCH3 is 1. The third-order valence-corrected chi connectivity index (χ3v) is 4.59. The predicted molar refractivity (Wildman–Crippen MR) is 111 cm³/mol. The SMILES string of the molecule is COc1cc(CNCCCOC(C)C)cc(Cl)c1OCc1ccc(F)cc1Cl. The molecule has 0 aromatic heterocycles. The van der Waals surface area contributed by atoms with E-state index in [9.17, 15) is 4.39 Å². The highest BCUT2D eigenvalue weighted by atomic mass is 35.5. The Bertz CT molecular complexity index is 772. The quantitative estimate of drug-likeness (QED) is 0.470. The van der Waals surface area contributed by atoms with Crippen LogP contribution in [0, 0.1) is 5.82 Å². The van der Waals surface area contributed by atoms with Crippen molar-refractivity contribution in [1.82, 2.24) is 5.32 Å². The Morgan fingerprint density at radius 3 is 2.57 bits per heavy atom. The number of hydrogen-bond acceptors (Lipinski definition) is 4. The molecule has 2 rings (SSSR count). The molecule has 0 aliphatic heterocycles. The van der Waals surface area contributed by atoms with E-state index >= 15 is 0 Å². The summed E-state index contributed by atoms with van der Waals surface area (Å²) in [4.78, 5) is 0. The van der Waals surface area contributed by atoms with Crippen LogP contribution in [0.15, 0.2) is 30.3 Å². The highest BCUT2D eigenvalue weighted by molar-refractivity contribution is 6.32. The minimum absolute atomic E-state index is 0.155. The molecule has 0 fully saturated rings. The number of halogens is 3. The maximum Gasteiger partial charge on any atom is 0.180 e. The molecule has 1 N–H and O–H groups in total. The van der Waals surface area contributed by atoms with Gasteiger partial charge in [-0.3, -0.25) is 0 Å². The van der Waals surface area contributed by atoms with Gasteiger partial charge < -0.3 is 19.5 Å². The first-order valence-electron chi connectivity index (χ1n) is 9.16. The zero-order valence-corrected chi connectivity index (χ0v) is 17.9. The molecule has 0 aliphatic rings. The molecule has 0 spiro atoms. The number of ether oxygens (including phenoxy) is 3. The minimum Gasteiger partial charge on any atom is -0.493 e. The lowest BCUT2D eigenvalue weighted by Crippen LogP contribution is -2.17. The van der Waals surface area contributed by atoms with E-state index in [2.05, 4.69) is 5.32 Å². The first-order chi connectivity index (χ1) is 13.4. The van der Waals surface area contributed by atoms with E-state index in [-0.39, 0.29) is 12.7 Å². The molecule has 0 atom stereocenters. The van der Waals surface area contributed by atoms with E-state index in [0.29, 0.717) is 33.7 Å². The molecule has 0 radical (unpaired) electrons. The minimum atomic E-state index is -0.392. The van der Waals surface area contributed by atoms with Crippen molar-refractivity contribution in [3.05, 3.63) is 57.3 Å². The Kier molecular flexibility index (Phi) is 9.32. The maximum atomic E-state index is 13.2. The molecule has 7 heteroatoms. The third kappa shape index (κ3) is 7.13. The number of rotatable bonds is 11. The van der Waals surface area contributed by atoms with E-state index < -0.39 is 5.82 Å². The van der Waals surface area contributed by atoms with Crippen molar-refractivity contribution < 1.29 is 18.6 Å². The van der Waals surface area contributed by atoms with Gasteiger partial charge in [-0.05, 0) is 56.6 Å². The van der Waals surface area contributed by atoms with Gasteiger partial charge in [-0.15, -0.1) is 0 Å². The zero-order chi connectivity index (χ0) is 20.5. The topological polar surface area (TPSA) is 39.7 Å². The monoisotopic (exact) mass is 429 g/mol. The summed E-state index contributed by atoms with van der Waals surface area (Å²) in [5, 5.41) is 4.10. The summed E-state index contributed by atoms with van der Waals surface area (Å²) in [7, 11) is 1.56. The number of hydrogen-bond donors (Lipinski definition) is 1. The Hall–Kier alpha value is -1.53. The van der Waals surface area contributed by atoms with Crippen molar-refractivity contribution in [3.8, 4) is 11.5 Å². The van der Waals surface area contributed by atoms with Crippen LogP contribution in [0.25, 0.3) is 0 Å². The molecule has 0 aliphatic carbocycles. The highest BCUT2D eigenvalue weighted by Crippen LogP contribution is 2.37.